The van der Waals surface area contributed by atoms with Crippen molar-refractivity contribution in [3.8, 4) is 0 Å². The van der Waals surface area contributed by atoms with Crippen molar-refractivity contribution in [3.05, 3.63) is 75.4 Å². The Kier molecular flexibility index (Phi) is 6.49. The van der Waals surface area contributed by atoms with E-state index in [-0.39, 0.29) is 14.9 Å². The summed E-state index contributed by atoms with van der Waals surface area (Å²) in [5.41, 5.74) is 1.59. The van der Waals surface area contributed by atoms with E-state index in [1.54, 1.807) is 28.8 Å². The molecule has 0 spiro atoms. The number of benzene rings is 2. The maximum absolute atomic E-state index is 12.8. The summed E-state index contributed by atoms with van der Waals surface area (Å²) >= 11 is 9.49. The summed E-state index contributed by atoms with van der Waals surface area (Å²) in [6.45, 7) is 4.01. The maximum Gasteiger partial charge on any atom is 0.308 e. The Morgan fingerprint density at radius 1 is 1.16 bits per heavy atom. The molecule has 0 saturated carbocycles. The zero-order valence-electron chi connectivity index (χ0n) is 15.8. The molecule has 2 aromatic carbocycles. The van der Waals surface area contributed by atoms with Gasteiger partial charge in [-0.2, -0.15) is 0 Å². The van der Waals surface area contributed by atoms with Gasteiger partial charge in [0.1, 0.15) is 0 Å². The fraction of sp³-hybridized carbons (Fsp3) is 0.105. The van der Waals surface area contributed by atoms with Crippen molar-refractivity contribution in [1.29, 1.82) is 0 Å². The van der Waals surface area contributed by atoms with Gasteiger partial charge in [-0.15, -0.1) is 16.8 Å². The summed E-state index contributed by atoms with van der Waals surface area (Å²) in [5, 5.41) is 8.62. The van der Waals surface area contributed by atoms with E-state index >= 15 is 0 Å². The molecule has 160 valence electrons. The lowest BCUT2D eigenvalue weighted by molar-refractivity contribution is 0.601. The molecular weight excluding hydrogens is 496 g/mol. The van der Waals surface area contributed by atoms with Crippen LogP contribution in [0, 0.1) is 0 Å². The molecule has 0 atom stereocenters. The summed E-state index contributed by atoms with van der Waals surface area (Å²) in [5.74, 6) is 0.657. The molecule has 0 amide bonds. The van der Waals surface area contributed by atoms with Gasteiger partial charge in [0.15, 0.2) is 4.34 Å². The van der Waals surface area contributed by atoms with Crippen molar-refractivity contribution in [1.82, 2.24) is 14.8 Å². The average molecular weight is 511 g/mol. The van der Waals surface area contributed by atoms with Gasteiger partial charge in [-0.05, 0) is 35.9 Å². The van der Waals surface area contributed by atoms with Crippen LogP contribution in [0.2, 0.25) is 5.02 Å². The van der Waals surface area contributed by atoms with Gasteiger partial charge in [-0.1, -0.05) is 64.2 Å². The van der Waals surface area contributed by atoms with Gasteiger partial charge >= 0.3 is 4.87 Å². The highest BCUT2D eigenvalue weighted by Crippen LogP contribution is 2.28. The zero-order valence-corrected chi connectivity index (χ0v) is 19.8. The molecule has 0 unspecified atom stereocenters. The van der Waals surface area contributed by atoms with Crippen molar-refractivity contribution in [2.75, 3.05) is 10.5 Å². The molecule has 0 aliphatic heterocycles. The molecule has 2 heterocycles. The van der Waals surface area contributed by atoms with Gasteiger partial charge in [0, 0.05) is 10.8 Å². The monoisotopic (exact) mass is 510 g/mol. The molecule has 0 radical (unpaired) electrons. The lowest BCUT2D eigenvalue weighted by atomic mass is 10.2. The molecule has 1 N–H and O–H groups in total. The number of rotatable bonds is 8. The van der Waals surface area contributed by atoms with Crippen molar-refractivity contribution in [3.63, 3.8) is 0 Å². The standard InChI is InChI=1S/C19H15ClN4O3S4/c1-2-9-28-18-22-21-17(30-18)23-31(26,27)14-7-8-15-16(10-14)29-19(25)24(15)11-12-3-5-13(20)6-4-12/h2-8,10H,1,9,11H2,(H,21,23). The third kappa shape index (κ3) is 5.01. The molecule has 31 heavy (non-hydrogen) atoms. The Bertz CT molecular complexity index is 1410. The molecule has 2 aromatic heterocycles. The number of halogens is 1. The Hall–Kier alpha value is -2.18. The fourth-order valence-electron chi connectivity index (χ4n) is 2.75. The van der Waals surface area contributed by atoms with Gasteiger partial charge in [0.25, 0.3) is 10.0 Å². The summed E-state index contributed by atoms with van der Waals surface area (Å²) in [4.78, 5) is 12.4. The SMILES string of the molecule is C=CCSc1nnc(NS(=O)(=O)c2ccc3c(c2)sc(=O)n3Cc2ccc(Cl)cc2)s1. The average Bonchev–Trinajstić information content (AvgIpc) is 3.31. The van der Waals surface area contributed by atoms with Gasteiger partial charge < -0.3 is 0 Å². The van der Waals surface area contributed by atoms with Crippen LogP contribution in [0.15, 0.2) is 69.1 Å². The second kappa shape index (κ2) is 9.13. The Balaban J connectivity index is 1.60. The number of sulfonamides is 1. The van der Waals surface area contributed by atoms with Crippen LogP contribution in [-0.2, 0) is 16.6 Å². The molecule has 4 rings (SSSR count). The molecule has 0 saturated heterocycles. The second-order valence-electron chi connectivity index (χ2n) is 6.29. The van der Waals surface area contributed by atoms with E-state index in [0.717, 1.165) is 28.2 Å². The molecular formula is C19H15ClN4O3S4. The summed E-state index contributed by atoms with van der Waals surface area (Å²) in [7, 11) is -3.87. The molecule has 0 fully saturated rings. The van der Waals surface area contributed by atoms with Gasteiger partial charge in [0.2, 0.25) is 5.13 Å². The highest BCUT2D eigenvalue weighted by molar-refractivity contribution is 8.01. The number of nitrogens with one attached hydrogen (secondary N) is 1. The first-order chi connectivity index (χ1) is 14.9. The first kappa shape index (κ1) is 22.0. The highest BCUT2D eigenvalue weighted by atomic mass is 35.5. The Labute approximate surface area is 195 Å². The van der Waals surface area contributed by atoms with Crippen molar-refractivity contribution in [2.45, 2.75) is 15.8 Å². The number of anilines is 1. The van der Waals surface area contributed by atoms with E-state index < -0.39 is 10.0 Å². The summed E-state index contributed by atoms with van der Waals surface area (Å²) in [6, 6.07) is 11.8. The number of thioether (sulfide) groups is 1. The predicted molar refractivity (Wildman–Crippen MR) is 128 cm³/mol. The number of thiazole rings is 1. The van der Waals surface area contributed by atoms with Crippen LogP contribution in [0.4, 0.5) is 5.13 Å². The second-order valence-corrected chi connectivity index (χ2v) is 11.6. The number of nitrogens with zero attached hydrogens (tertiary/aromatic N) is 3. The number of fused-ring (bicyclic) bond motifs is 1. The minimum Gasteiger partial charge on any atom is -0.294 e. The molecule has 0 bridgehead atoms. The summed E-state index contributed by atoms with van der Waals surface area (Å²) < 4.78 is 30.9. The van der Waals surface area contributed by atoms with Gasteiger partial charge in [0.05, 0.1) is 21.7 Å². The van der Waals surface area contributed by atoms with Crippen molar-refractivity contribution in [2.24, 2.45) is 0 Å². The fourth-order valence-corrected chi connectivity index (χ4v) is 6.65. The number of hydrogen-bond acceptors (Lipinski definition) is 8. The molecule has 0 aliphatic rings. The molecule has 4 aromatic rings. The largest absolute Gasteiger partial charge is 0.308 e. The van der Waals surface area contributed by atoms with E-state index in [0.29, 0.717) is 31.9 Å². The van der Waals surface area contributed by atoms with E-state index in [2.05, 4.69) is 21.5 Å². The Morgan fingerprint density at radius 3 is 2.68 bits per heavy atom. The first-order valence-electron chi connectivity index (χ1n) is 8.83. The van der Waals surface area contributed by atoms with Gasteiger partial charge in [-0.3, -0.25) is 14.1 Å². The number of hydrogen-bond donors (Lipinski definition) is 1. The summed E-state index contributed by atoms with van der Waals surface area (Å²) in [6.07, 6.45) is 1.73. The molecule has 12 heteroatoms. The minimum atomic E-state index is -3.87. The maximum atomic E-state index is 12.8. The first-order valence-corrected chi connectivity index (χ1v) is 13.3. The smallest absolute Gasteiger partial charge is 0.294 e. The van der Waals surface area contributed by atoms with Crippen LogP contribution in [0.3, 0.4) is 0 Å². The van der Waals surface area contributed by atoms with Gasteiger partial charge in [-0.25, -0.2) is 8.42 Å². The third-order valence-electron chi connectivity index (χ3n) is 4.16. The topological polar surface area (TPSA) is 94.0 Å². The molecule has 7 nitrogen and oxygen atoms in total. The van der Waals surface area contributed by atoms with E-state index in [1.165, 1.54) is 23.9 Å². The van der Waals surface area contributed by atoms with E-state index in [9.17, 15) is 13.2 Å². The van der Waals surface area contributed by atoms with Crippen LogP contribution >= 0.6 is 46.0 Å². The van der Waals surface area contributed by atoms with Crippen molar-refractivity contribution >= 4 is 71.4 Å². The third-order valence-corrected chi connectivity index (χ3v) is 8.78. The van der Waals surface area contributed by atoms with Crippen molar-refractivity contribution < 1.29 is 8.42 Å². The van der Waals surface area contributed by atoms with Crippen LogP contribution in [0.25, 0.3) is 10.2 Å². The van der Waals surface area contributed by atoms with Crippen LogP contribution in [-0.4, -0.2) is 28.9 Å². The minimum absolute atomic E-state index is 0.0513. The lowest BCUT2D eigenvalue weighted by Gasteiger charge is -2.07. The Morgan fingerprint density at radius 2 is 1.94 bits per heavy atom. The zero-order chi connectivity index (χ0) is 22.0. The number of aromatic nitrogens is 3. The molecule has 0 aliphatic carbocycles. The van der Waals surface area contributed by atoms with Crippen LogP contribution in [0.1, 0.15) is 5.56 Å². The van der Waals surface area contributed by atoms with E-state index in [1.807, 2.05) is 12.1 Å². The lowest BCUT2D eigenvalue weighted by Crippen LogP contribution is -2.14. The quantitative estimate of drug-likeness (QED) is 0.273. The predicted octanol–water partition coefficient (Wildman–Crippen LogP) is 4.70. The van der Waals surface area contributed by atoms with Crippen LogP contribution in [0.5, 0.6) is 0 Å². The highest BCUT2D eigenvalue weighted by Gasteiger charge is 2.19. The van der Waals surface area contributed by atoms with Crippen LogP contribution < -0.4 is 9.60 Å². The normalized spacial score (nSPS) is 11.6. The van der Waals surface area contributed by atoms with E-state index in [4.69, 9.17) is 11.6 Å².